The molecule has 0 atom stereocenters. The summed E-state index contributed by atoms with van der Waals surface area (Å²) in [7, 11) is 0. The molecule has 0 aliphatic rings. The average molecular weight is 259 g/mol. The maximum absolute atomic E-state index is 13.3. The molecule has 5 heteroatoms. The lowest BCUT2D eigenvalue weighted by atomic mass is 10.3. The first-order valence-electron chi connectivity index (χ1n) is 5.01. The Hall–Kier alpha value is -1.55. The van der Waals surface area contributed by atoms with Gasteiger partial charge in [0.1, 0.15) is 5.76 Å². The van der Waals surface area contributed by atoms with Crippen LogP contribution in [-0.4, -0.2) is 12.6 Å². The van der Waals surface area contributed by atoms with Crippen molar-refractivity contribution < 1.29 is 18.7 Å². The van der Waals surface area contributed by atoms with E-state index in [9.17, 15) is 9.18 Å². The molecule has 0 saturated carbocycles. The van der Waals surface area contributed by atoms with Gasteiger partial charge < -0.3 is 9.47 Å². The zero-order chi connectivity index (χ0) is 12.8. The summed E-state index contributed by atoms with van der Waals surface area (Å²) in [6, 6.07) is 4.19. The van der Waals surface area contributed by atoms with Crippen LogP contribution in [-0.2, 0) is 9.53 Å². The van der Waals surface area contributed by atoms with E-state index in [-0.39, 0.29) is 23.1 Å². The van der Waals surface area contributed by atoms with Crippen LogP contribution in [0.5, 0.6) is 5.75 Å². The summed E-state index contributed by atoms with van der Waals surface area (Å²) in [5.41, 5.74) is 0. The molecule has 0 amide bonds. The van der Waals surface area contributed by atoms with Crippen LogP contribution in [0.4, 0.5) is 4.39 Å². The Morgan fingerprint density at radius 1 is 1.53 bits per heavy atom. The van der Waals surface area contributed by atoms with Crippen molar-refractivity contribution in [1.82, 2.24) is 0 Å². The van der Waals surface area contributed by atoms with Gasteiger partial charge in [-0.15, -0.1) is 0 Å². The summed E-state index contributed by atoms with van der Waals surface area (Å²) in [6.07, 6.45) is 1.13. The van der Waals surface area contributed by atoms with Crippen LogP contribution in [0.3, 0.4) is 0 Å². The molecule has 1 aromatic carbocycles. The fourth-order valence-corrected chi connectivity index (χ4v) is 1.32. The third-order valence-electron chi connectivity index (χ3n) is 1.79. The van der Waals surface area contributed by atoms with E-state index < -0.39 is 11.8 Å². The summed E-state index contributed by atoms with van der Waals surface area (Å²) in [4.78, 5) is 11.1. The molecule has 0 heterocycles. The number of halogens is 2. The molecule has 0 aliphatic heterocycles. The first-order chi connectivity index (χ1) is 8.04. The number of rotatable bonds is 4. The van der Waals surface area contributed by atoms with Gasteiger partial charge in [-0.2, -0.15) is 0 Å². The lowest BCUT2D eigenvalue weighted by molar-refractivity contribution is -0.137. The van der Waals surface area contributed by atoms with E-state index in [1.165, 1.54) is 25.1 Å². The number of hydrogen-bond donors (Lipinski definition) is 0. The van der Waals surface area contributed by atoms with Crippen LogP contribution in [0, 0.1) is 5.82 Å². The summed E-state index contributed by atoms with van der Waals surface area (Å²) in [6.45, 7) is 3.47. The quantitative estimate of drug-likeness (QED) is 0.472. The molecule has 0 spiro atoms. The highest BCUT2D eigenvalue weighted by Crippen LogP contribution is 2.28. The normalized spacial score (nSPS) is 11.2. The van der Waals surface area contributed by atoms with E-state index in [1.807, 2.05) is 0 Å². The number of benzene rings is 1. The van der Waals surface area contributed by atoms with Crippen molar-refractivity contribution in [2.75, 3.05) is 6.61 Å². The van der Waals surface area contributed by atoms with Gasteiger partial charge >= 0.3 is 5.97 Å². The molecule has 0 saturated heterocycles. The van der Waals surface area contributed by atoms with Crippen molar-refractivity contribution in [2.45, 2.75) is 13.8 Å². The Morgan fingerprint density at radius 3 is 2.82 bits per heavy atom. The van der Waals surface area contributed by atoms with Crippen LogP contribution in [0.25, 0.3) is 0 Å². The highest BCUT2D eigenvalue weighted by Gasteiger charge is 2.09. The number of para-hydroxylation sites is 1. The van der Waals surface area contributed by atoms with Gasteiger partial charge in [-0.05, 0) is 26.0 Å². The first kappa shape index (κ1) is 13.5. The lowest BCUT2D eigenvalue weighted by Crippen LogP contribution is -2.03. The smallest absolute Gasteiger partial charge is 0.334 e. The molecule has 17 heavy (non-hydrogen) atoms. The van der Waals surface area contributed by atoms with Gasteiger partial charge in [-0.25, -0.2) is 9.18 Å². The largest absolute Gasteiger partial charge is 0.463 e. The molecule has 92 valence electrons. The maximum Gasteiger partial charge on any atom is 0.334 e. The molecule has 0 fully saturated rings. The molecular formula is C12H12ClFO3. The molecule has 1 rings (SSSR count). The molecule has 1 aromatic rings. The van der Waals surface area contributed by atoms with E-state index in [1.54, 1.807) is 6.92 Å². The second-order valence-corrected chi connectivity index (χ2v) is 3.57. The number of hydrogen-bond acceptors (Lipinski definition) is 3. The second-order valence-electron chi connectivity index (χ2n) is 3.16. The van der Waals surface area contributed by atoms with E-state index in [0.717, 1.165) is 6.08 Å². The van der Waals surface area contributed by atoms with Gasteiger partial charge in [0, 0.05) is 0 Å². The number of carbonyl (C=O) groups is 1. The highest BCUT2D eigenvalue weighted by atomic mass is 35.5. The van der Waals surface area contributed by atoms with Gasteiger partial charge in [0.2, 0.25) is 0 Å². The summed E-state index contributed by atoms with van der Waals surface area (Å²) in [5, 5.41) is 0.140. The Balaban J connectivity index is 2.81. The molecule has 0 radical (unpaired) electrons. The van der Waals surface area contributed by atoms with Crippen LogP contribution >= 0.6 is 11.6 Å². The molecule has 3 nitrogen and oxygen atoms in total. The van der Waals surface area contributed by atoms with Crippen molar-refractivity contribution in [1.29, 1.82) is 0 Å². The molecule has 0 unspecified atom stereocenters. The fraction of sp³-hybridized carbons (Fsp3) is 0.250. The zero-order valence-electron chi connectivity index (χ0n) is 9.50. The zero-order valence-corrected chi connectivity index (χ0v) is 10.3. The van der Waals surface area contributed by atoms with E-state index in [2.05, 4.69) is 4.74 Å². The van der Waals surface area contributed by atoms with Crippen LogP contribution in [0.15, 0.2) is 30.0 Å². The number of allylic oxidation sites excluding steroid dienone is 1. The Labute approximate surface area is 104 Å². The van der Waals surface area contributed by atoms with Crippen molar-refractivity contribution in [3.05, 3.63) is 40.9 Å². The van der Waals surface area contributed by atoms with Gasteiger partial charge in [0.25, 0.3) is 0 Å². The standard InChI is InChI=1S/C12H12ClFO3/c1-3-16-11(15)7-8(2)17-12-9(13)5-4-6-10(12)14/h4-7H,3H2,1-2H3. The number of carbonyl (C=O) groups excluding carboxylic acids is 1. The molecule has 0 aliphatic carbocycles. The topological polar surface area (TPSA) is 35.5 Å². The first-order valence-corrected chi connectivity index (χ1v) is 5.39. The second kappa shape index (κ2) is 6.25. The predicted molar refractivity (Wildman–Crippen MR) is 62.4 cm³/mol. The van der Waals surface area contributed by atoms with Crippen LogP contribution < -0.4 is 4.74 Å². The van der Waals surface area contributed by atoms with Crippen molar-refractivity contribution in [3.63, 3.8) is 0 Å². The van der Waals surface area contributed by atoms with Gasteiger partial charge in [-0.1, -0.05) is 17.7 Å². The van der Waals surface area contributed by atoms with Gasteiger partial charge in [-0.3, -0.25) is 0 Å². The van der Waals surface area contributed by atoms with Crippen LogP contribution in [0.1, 0.15) is 13.8 Å². The minimum Gasteiger partial charge on any atom is -0.463 e. The van der Waals surface area contributed by atoms with Crippen molar-refractivity contribution in [3.8, 4) is 5.75 Å². The van der Waals surface area contributed by atoms with E-state index >= 15 is 0 Å². The van der Waals surface area contributed by atoms with E-state index in [0.29, 0.717) is 0 Å². The molecular weight excluding hydrogens is 247 g/mol. The van der Waals surface area contributed by atoms with Crippen molar-refractivity contribution in [2.24, 2.45) is 0 Å². The van der Waals surface area contributed by atoms with Gasteiger partial charge in [0.05, 0.1) is 17.7 Å². The average Bonchev–Trinajstić information content (AvgIpc) is 2.24. The number of ether oxygens (including phenoxy) is 2. The molecule has 0 aromatic heterocycles. The van der Waals surface area contributed by atoms with Crippen molar-refractivity contribution >= 4 is 17.6 Å². The summed E-state index contributed by atoms with van der Waals surface area (Å²) in [5.74, 6) is -1.03. The van der Waals surface area contributed by atoms with Crippen LogP contribution in [0.2, 0.25) is 5.02 Å². The minimum absolute atomic E-state index is 0.104. The number of esters is 1. The summed E-state index contributed by atoms with van der Waals surface area (Å²) < 4.78 is 23.2. The Morgan fingerprint density at radius 2 is 2.24 bits per heavy atom. The molecule has 0 bridgehead atoms. The van der Waals surface area contributed by atoms with Gasteiger partial charge in [0.15, 0.2) is 11.6 Å². The lowest BCUT2D eigenvalue weighted by Gasteiger charge is -2.08. The SMILES string of the molecule is CCOC(=O)C=C(C)Oc1c(F)cccc1Cl. The highest BCUT2D eigenvalue weighted by molar-refractivity contribution is 6.32. The fourth-order valence-electron chi connectivity index (χ4n) is 1.12. The predicted octanol–water partition coefficient (Wildman–Crippen LogP) is 3.32. The minimum atomic E-state index is -0.589. The third-order valence-corrected chi connectivity index (χ3v) is 2.09. The molecule has 0 N–H and O–H groups in total. The third kappa shape index (κ3) is 4.07. The monoisotopic (exact) mass is 258 g/mol. The van der Waals surface area contributed by atoms with E-state index in [4.69, 9.17) is 16.3 Å². The Kier molecular flexibility index (Phi) is 4.97. The Bertz CT molecular complexity index is 423. The maximum atomic E-state index is 13.3. The summed E-state index contributed by atoms with van der Waals surface area (Å²) >= 11 is 5.76.